The van der Waals surface area contributed by atoms with Gasteiger partial charge in [-0.25, -0.2) is 8.78 Å². The maximum Gasteiger partial charge on any atom is 0.323 e. The fourth-order valence-corrected chi connectivity index (χ4v) is 3.21. The maximum atomic E-state index is 13.5. The van der Waals surface area contributed by atoms with Gasteiger partial charge >= 0.3 is 5.97 Å². The van der Waals surface area contributed by atoms with Crippen LogP contribution in [0.25, 0.3) is 0 Å². The molecule has 120 valence electrons. The van der Waals surface area contributed by atoms with Gasteiger partial charge in [-0.3, -0.25) is 9.59 Å². The van der Waals surface area contributed by atoms with E-state index in [2.05, 4.69) is 0 Å². The van der Waals surface area contributed by atoms with Gasteiger partial charge in [-0.1, -0.05) is 49.6 Å². The Hall–Kier alpha value is -1.78. The Morgan fingerprint density at radius 3 is 2.50 bits per heavy atom. The fraction of sp³-hybridized carbons (Fsp3) is 0.529. The number of carboxylic acids is 1. The number of rotatable bonds is 4. The summed E-state index contributed by atoms with van der Waals surface area (Å²) in [6, 6.07) is 9.14. The minimum Gasteiger partial charge on any atom is -0.480 e. The number of Topliss-reactive ketones (excluding diaryl/α,β-unsaturated/α-hetero) is 1. The molecule has 1 fully saturated rings. The highest BCUT2D eigenvalue weighted by Crippen LogP contribution is 2.40. The molecular weight excluding hydrogens is 290 g/mol. The molecule has 0 aromatic heterocycles. The molecule has 22 heavy (non-hydrogen) atoms. The second-order valence-corrected chi connectivity index (χ2v) is 5.93. The summed E-state index contributed by atoms with van der Waals surface area (Å²) in [4.78, 5) is 24.1. The van der Waals surface area contributed by atoms with Gasteiger partial charge in [0.2, 0.25) is 0 Å². The molecule has 0 radical (unpaired) electrons. The van der Waals surface area contributed by atoms with Crippen LogP contribution < -0.4 is 0 Å². The molecule has 0 bridgehead atoms. The van der Waals surface area contributed by atoms with E-state index in [1.165, 1.54) is 0 Å². The van der Waals surface area contributed by atoms with Gasteiger partial charge in [0.25, 0.3) is 6.43 Å². The lowest BCUT2D eigenvalue weighted by molar-refractivity contribution is -0.169. The standard InChI is InChI=1S/C17H20F2O3/c18-15(19)17(16(21)22)10-6-2-5-9-13(14(17)20)11-12-7-3-1-4-8-12/h1,3-4,7-8,13,15H,2,5-6,9-11H2,(H,21,22). The van der Waals surface area contributed by atoms with Gasteiger partial charge in [0, 0.05) is 5.92 Å². The van der Waals surface area contributed by atoms with E-state index in [0.29, 0.717) is 25.7 Å². The first kappa shape index (κ1) is 16.6. The number of carbonyl (C=O) groups is 2. The van der Waals surface area contributed by atoms with Crippen molar-refractivity contribution in [3.63, 3.8) is 0 Å². The Kier molecular flexibility index (Phi) is 5.27. The monoisotopic (exact) mass is 310 g/mol. The van der Waals surface area contributed by atoms with Crippen molar-refractivity contribution in [1.29, 1.82) is 0 Å². The van der Waals surface area contributed by atoms with Crippen LogP contribution in [0.5, 0.6) is 0 Å². The van der Waals surface area contributed by atoms with Crippen LogP contribution in [0, 0.1) is 11.3 Å². The second kappa shape index (κ2) is 6.99. The van der Waals surface area contributed by atoms with Gasteiger partial charge in [-0.05, 0) is 24.8 Å². The molecule has 1 aromatic rings. The minimum absolute atomic E-state index is 0.274. The van der Waals surface area contributed by atoms with E-state index in [9.17, 15) is 23.5 Å². The first-order valence-electron chi connectivity index (χ1n) is 7.58. The molecule has 0 aliphatic heterocycles. The van der Waals surface area contributed by atoms with E-state index < -0.39 is 29.5 Å². The van der Waals surface area contributed by atoms with Crippen LogP contribution in [-0.4, -0.2) is 23.3 Å². The largest absolute Gasteiger partial charge is 0.480 e. The summed E-state index contributed by atoms with van der Waals surface area (Å²) in [7, 11) is 0. The summed E-state index contributed by atoms with van der Waals surface area (Å²) in [6.07, 6.45) is -0.863. The third-order valence-electron chi connectivity index (χ3n) is 4.51. The van der Waals surface area contributed by atoms with Crippen molar-refractivity contribution in [2.75, 3.05) is 0 Å². The summed E-state index contributed by atoms with van der Waals surface area (Å²) in [5.74, 6) is -3.15. The highest BCUT2D eigenvalue weighted by Gasteiger charge is 2.55. The SMILES string of the molecule is O=C(O)C1(C(F)F)CCCCCC(Cc2ccccc2)C1=O. The summed E-state index contributed by atoms with van der Waals surface area (Å²) in [5.41, 5.74) is -1.67. The third kappa shape index (κ3) is 3.18. The molecule has 0 saturated heterocycles. The number of benzene rings is 1. The topological polar surface area (TPSA) is 54.4 Å². The number of ketones is 1. The van der Waals surface area contributed by atoms with E-state index in [1.54, 1.807) is 0 Å². The Morgan fingerprint density at radius 1 is 1.23 bits per heavy atom. The molecule has 1 aromatic carbocycles. The predicted octanol–water partition coefficient (Wildman–Crippen LogP) is 3.71. The number of carbonyl (C=O) groups excluding carboxylic acids is 1. The molecule has 3 nitrogen and oxygen atoms in total. The lowest BCUT2D eigenvalue weighted by Gasteiger charge is -2.33. The van der Waals surface area contributed by atoms with E-state index in [1.807, 2.05) is 30.3 Å². The fourth-order valence-electron chi connectivity index (χ4n) is 3.21. The van der Waals surface area contributed by atoms with Crippen molar-refractivity contribution in [1.82, 2.24) is 0 Å². The smallest absolute Gasteiger partial charge is 0.323 e. The summed E-state index contributed by atoms with van der Waals surface area (Å²) < 4.78 is 27.0. The number of halogens is 2. The first-order valence-corrected chi connectivity index (χ1v) is 7.58. The van der Waals surface area contributed by atoms with Crippen molar-refractivity contribution in [3.8, 4) is 0 Å². The molecule has 1 N–H and O–H groups in total. The van der Waals surface area contributed by atoms with Crippen LogP contribution in [0.4, 0.5) is 8.78 Å². The van der Waals surface area contributed by atoms with Gasteiger partial charge in [0.1, 0.15) is 0 Å². The number of aliphatic carboxylic acids is 1. The lowest BCUT2D eigenvalue weighted by Crippen LogP contribution is -2.49. The first-order chi connectivity index (χ1) is 10.5. The maximum absolute atomic E-state index is 13.5. The number of hydrogen-bond donors (Lipinski definition) is 1. The molecule has 0 spiro atoms. The minimum atomic E-state index is -3.17. The lowest BCUT2D eigenvalue weighted by atomic mass is 9.70. The van der Waals surface area contributed by atoms with E-state index in [-0.39, 0.29) is 6.42 Å². The van der Waals surface area contributed by atoms with Crippen LogP contribution in [0.1, 0.15) is 37.7 Å². The van der Waals surface area contributed by atoms with Crippen molar-refractivity contribution >= 4 is 11.8 Å². The number of alkyl halides is 2. The summed E-state index contributed by atoms with van der Waals surface area (Å²) in [6.45, 7) is 0. The molecule has 1 saturated carbocycles. The zero-order valence-electron chi connectivity index (χ0n) is 12.3. The number of carboxylic acid groups (broad SMARTS) is 1. The average molecular weight is 310 g/mol. The molecule has 1 aliphatic carbocycles. The Labute approximate surface area is 128 Å². The normalized spacial score (nSPS) is 26.5. The van der Waals surface area contributed by atoms with Gasteiger partial charge in [0.15, 0.2) is 11.2 Å². The quantitative estimate of drug-likeness (QED) is 0.862. The van der Waals surface area contributed by atoms with E-state index >= 15 is 0 Å². The van der Waals surface area contributed by atoms with Crippen LogP contribution in [0.15, 0.2) is 30.3 Å². The summed E-state index contributed by atoms with van der Waals surface area (Å²) >= 11 is 0. The Morgan fingerprint density at radius 2 is 1.91 bits per heavy atom. The van der Waals surface area contributed by atoms with E-state index in [0.717, 1.165) is 12.0 Å². The molecule has 2 unspecified atom stereocenters. The molecular formula is C17H20F2O3. The van der Waals surface area contributed by atoms with Gasteiger partial charge in [-0.15, -0.1) is 0 Å². The van der Waals surface area contributed by atoms with Crippen LogP contribution in [0.2, 0.25) is 0 Å². The van der Waals surface area contributed by atoms with Gasteiger partial charge in [-0.2, -0.15) is 0 Å². The van der Waals surface area contributed by atoms with Gasteiger partial charge in [0.05, 0.1) is 0 Å². The van der Waals surface area contributed by atoms with E-state index in [4.69, 9.17) is 0 Å². The molecule has 0 heterocycles. The van der Waals surface area contributed by atoms with Gasteiger partial charge < -0.3 is 5.11 Å². The Bertz CT molecular complexity index is 530. The van der Waals surface area contributed by atoms with Crippen molar-refractivity contribution in [2.45, 2.75) is 45.0 Å². The molecule has 2 atom stereocenters. The third-order valence-corrected chi connectivity index (χ3v) is 4.51. The average Bonchev–Trinajstić information content (AvgIpc) is 2.47. The van der Waals surface area contributed by atoms with Crippen LogP contribution in [-0.2, 0) is 16.0 Å². The summed E-state index contributed by atoms with van der Waals surface area (Å²) in [5, 5.41) is 9.33. The Balaban J connectivity index is 2.31. The van der Waals surface area contributed by atoms with Crippen molar-refractivity contribution in [2.24, 2.45) is 11.3 Å². The zero-order valence-corrected chi connectivity index (χ0v) is 12.3. The highest BCUT2D eigenvalue weighted by molar-refractivity contribution is 6.04. The number of hydrogen-bond acceptors (Lipinski definition) is 2. The van der Waals surface area contributed by atoms with Crippen molar-refractivity contribution < 1.29 is 23.5 Å². The van der Waals surface area contributed by atoms with Crippen molar-refractivity contribution in [3.05, 3.63) is 35.9 Å². The van der Waals surface area contributed by atoms with Crippen LogP contribution in [0.3, 0.4) is 0 Å². The molecule has 0 amide bonds. The second-order valence-electron chi connectivity index (χ2n) is 5.93. The molecule has 5 heteroatoms. The predicted molar refractivity (Wildman–Crippen MR) is 77.8 cm³/mol. The highest BCUT2D eigenvalue weighted by atomic mass is 19.3. The van der Waals surface area contributed by atoms with Crippen LogP contribution >= 0.6 is 0 Å². The molecule has 1 aliphatic rings. The molecule has 2 rings (SSSR count). The zero-order chi connectivity index (χ0) is 16.2.